The van der Waals surface area contributed by atoms with Crippen molar-refractivity contribution in [3.63, 3.8) is 0 Å². The lowest BCUT2D eigenvalue weighted by Crippen LogP contribution is -2.44. The SMILES string of the molecule is CCC[n+]1c(SCC(=O)O)[nH]c2c1c(=O)n(C)c(=O)n2C. The molecule has 0 bridgehead atoms. The van der Waals surface area contributed by atoms with Crippen molar-refractivity contribution in [3.8, 4) is 0 Å². The monoisotopic (exact) mass is 313 g/mol. The Morgan fingerprint density at radius 2 is 2.00 bits per heavy atom. The smallest absolute Gasteiger partial charge is 0.333 e. The molecule has 2 aromatic rings. The van der Waals surface area contributed by atoms with Gasteiger partial charge in [0.05, 0.1) is 6.54 Å². The van der Waals surface area contributed by atoms with Crippen LogP contribution in [0.4, 0.5) is 0 Å². The number of aliphatic carboxylic acids is 1. The van der Waals surface area contributed by atoms with Crippen LogP contribution in [0.5, 0.6) is 0 Å². The first-order valence-electron chi connectivity index (χ1n) is 6.44. The van der Waals surface area contributed by atoms with Crippen LogP contribution in [0.3, 0.4) is 0 Å². The fraction of sp³-hybridized carbons (Fsp3) is 0.500. The van der Waals surface area contributed by atoms with Crippen LogP contribution < -0.4 is 15.8 Å². The number of fused-ring (bicyclic) bond motifs is 1. The molecule has 0 atom stereocenters. The maximum Gasteiger partial charge on any atom is 0.333 e. The molecule has 0 saturated heterocycles. The van der Waals surface area contributed by atoms with Gasteiger partial charge in [-0.1, -0.05) is 6.92 Å². The number of aryl methyl sites for hydroxylation is 2. The molecule has 21 heavy (non-hydrogen) atoms. The van der Waals surface area contributed by atoms with E-state index in [9.17, 15) is 14.4 Å². The molecule has 0 fully saturated rings. The summed E-state index contributed by atoms with van der Waals surface area (Å²) in [5.41, 5.74) is -0.0223. The molecule has 0 aliphatic rings. The number of nitrogens with zero attached hydrogens (tertiary/aromatic N) is 3. The topological polar surface area (TPSA) is 101 Å². The van der Waals surface area contributed by atoms with E-state index in [1.54, 1.807) is 11.6 Å². The highest BCUT2D eigenvalue weighted by molar-refractivity contribution is 7.99. The lowest BCUT2D eigenvalue weighted by Gasteiger charge is -2.01. The van der Waals surface area contributed by atoms with Gasteiger partial charge in [0, 0.05) is 14.1 Å². The van der Waals surface area contributed by atoms with E-state index in [0.717, 1.165) is 22.7 Å². The quantitative estimate of drug-likeness (QED) is 0.569. The van der Waals surface area contributed by atoms with Crippen LogP contribution in [0.1, 0.15) is 13.3 Å². The van der Waals surface area contributed by atoms with E-state index in [0.29, 0.717) is 22.9 Å². The van der Waals surface area contributed by atoms with Crippen molar-refractivity contribution >= 4 is 28.9 Å². The van der Waals surface area contributed by atoms with Crippen LogP contribution in [0.15, 0.2) is 14.7 Å². The van der Waals surface area contributed by atoms with E-state index in [1.165, 1.54) is 11.6 Å². The zero-order valence-electron chi connectivity index (χ0n) is 12.0. The van der Waals surface area contributed by atoms with Crippen LogP contribution in [0.25, 0.3) is 11.2 Å². The van der Waals surface area contributed by atoms with Gasteiger partial charge in [-0.05, 0) is 18.2 Å². The Morgan fingerprint density at radius 3 is 2.57 bits per heavy atom. The maximum atomic E-state index is 12.3. The Labute approximate surface area is 124 Å². The molecule has 114 valence electrons. The lowest BCUT2D eigenvalue weighted by molar-refractivity contribution is -0.709. The minimum atomic E-state index is -0.941. The molecule has 2 heterocycles. The highest BCUT2D eigenvalue weighted by Gasteiger charge is 2.26. The van der Waals surface area contributed by atoms with E-state index in [1.807, 2.05) is 6.92 Å². The predicted octanol–water partition coefficient (Wildman–Crippen LogP) is -0.560. The average molecular weight is 313 g/mol. The molecule has 2 N–H and O–H groups in total. The van der Waals surface area contributed by atoms with E-state index in [2.05, 4.69) is 4.98 Å². The van der Waals surface area contributed by atoms with Gasteiger partial charge in [0.1, 0.15) is 5.75 Å². The summed E-state index contributed by atoms with van der Waals surface area (Å²) in [6, 6.07) is 0. The second-order valence-corrected chi connectivity index (χ2v) is 5.63. The van der Waals surface area contributed by atoms with Gasteiger partial charge in [-0.25, -0.2) is 14.3 Å². The molecule has 2 aromatic heterocycles. The van der Waals surface area contributed by atoms with Gasteiger partial charge in [-0.2, -0.15) is 0 Å². The third-order valence-corrected chi connectivity index (χ3v) is 4.15. The number of nitrogens with one attached hydrogen (secondary N) is 1. The summed E-state index contributed by atoms with van der Waals surface area (Å²) in [7, 11) is 3.00. The molecular formula is C12H17N4O4S+. The zero-order chi connectivity index (χ0) is 15.7. The van der Waals surface area contributed by atoms with Gasteiger partial charge >= 0.3 is 22.4 Å². The van der Waals surface area contributed by atoms with Crippen molar-refractivity contribution in [1.82, 2.24) is 14.1 Å². The van der Waals surface area contributed by atoms with Crippen molar-refractivity contribution in [3.05, 3.63) is 20.8 Å². The number of H-pyrrole nitrogens is 1. The van der Waals surface area contributed by atoms with Crippen LogP contribution in [-0.4, -0.2) is 30.9 Å². The third-order valence-electron chi connectivity index (χ3n) is 3.16. The third kappa shape index (κ3) is 2.60. The molecule has 0 radical (unpaired) electrons. The van der Waals surface area contributed by atoms with Crippen molar-refractivity contribution in [2.75, 3.05) is 5.75 Å². The highest BCUT2D eigenvalue weighted by atomic mass is 32.2. The van der Waals surface area contributed by atoms with Crippen LogP contribution >= 0.6 is 11.8 Å². The van der Waals surface area contributed by atoms with Crippen molar-refractivity contribution in [2.24, 2.45) is 14.1 Å². The molecule has 0 unspecified atom stereocenters. The number of hydrogen-bond donors (Lipinski definition) is 2. The molecule has 0 spiro atoms. The number of aromatic nitrogens is 4. The van der Waals surface area contributed by atoms with Gasteiger partial charge in [0.2, 0.25) is 0 Å². The number of carboxylic acid groups (broad SMARTS) is 1. The van der Waals surface area contributed by atoms with E-state index >= 15 is 0 Å². The van der Waals surface area contributed by atoms with Crippen molar-refractivity contribution in [1.29, 1.82) is 0 Å². The fourth-order valence-corrected chi connectivity index (χ4v) is 2.93. The molecule has 0 aliphatic heterocycles. The van der Waals surface area contributed by atoms with Gasteiger partial charge in [-0.3, -0.25) is 18.7 Å². The minimum absolute atomic E-state index is 0.120. The molecule has 2 rings (SSSR count). The Hall–Kier alpha value is -2.03. The van der Waals surface area contributed by atoms with Crippen molar-refractivity contribution < 1.29 is 14.5 Å². The summed E-state index contributed by atoms with van der Waals surface area (Å²) in [4.78, 5) is 38.0. The number of aromatic amines is 1. The number of imidazole rings is 1. The average Bonchev–Trinajstić information content (AvgIpc) is 2.80. The largest absolute Gasteiger partial charge is 0.481 e. The molecular weight excluding hydrogens is 296 g/mol. The second-order valence-electron chi connectivity index (χ2n) is 4.67. The van der Waals surface area contributed by atoms with Crippen LogP contribution in [0.2, 0.25) is 0 Å². The van der Waals surface area contributed by atoms with Crippen LogP contribution in [-0.2, 0) is 25.4 Å². The first kappa shape index (κ1) is 15.4. The number of carbonyl (C=O) groups is 1. The zero-order valence-corrected chi connectivity index (χ0v) is 12.9. The predicted molar refractivity (Wildman–Crippen MR) is 77.6 cm³/mol. The minimum Gasteiger partial charge on any atom is -0.481 e. The standard InChI is InChI=1S/C12H16N4O4S/c1-4-5-16-8-9(13-11(16)21-6-7(17)18)14(2)12(20)15(3)10(8)19/h4-6H2,1-3H3,(H,17,18)/p+1. The Morgan fingerprint density at radius 1 is 1.33 bits per heavy atom. The summed E-state index contributed by atoms with van der Waals surface area (Å²) in [5, 5.41) is 9.37. The molecule has 0 saturated carbocycles. The summed E-state index contributed by atoms with van der Waals surface area (Å²) in [6.07, 6.45) is 0.782. The van der Waals surface area contributed by atoms with Gasteiger partial charge < -0.3 is 5.11 Å². The number of rotatable bonds is 5. The molecule has 9 heteroatoms. The second kappa shape index (κ2) is 5.76. The van der Waals surface area contributed by atoms with Gasteiger partial charge in [-0.15, -0.1) is 0 Å². The summed E-state index contributed by atoms with van der Waals surface area (Å²) in [5.74, 6) is -1.06. The Kier molecular flexibility index (Phi) is 4.21. The molecule has 0 amide bonds. The van der Waals surface area contributed by atoms with E-state index in [4.69, 9.17) is 5.11 Å². The lowest BCUT2D eigenvalue weighted by atomic mass is 10.4. The number of hydrogen-bond acceptors (Lipinski definition) is 4. The Balaban J connectivity index is 2.76. The number of carboxylic acids is 1. The van der Waals surface area contributed by atoms with Crippen molar-refractivity contribution in [2.45, 2.75) is 25.0 Å². The Bertz CT molecular complexity index is 817. The summed E-state index contributed by atoms with van der Waals surface area (Å²) < 4.78 is 4.15. The normalized spacial score (nSPS) is 11.2. The van der Waals surface area contributed by atoms with E-state index < -0.39 is 11.7 Å². The number of thioether (sulfide) groups is 1. The van der Waals surface area contributed by atoms with Gasteiger partial charge in [0.25, 0.3) is 11.2 Å². The first-order valence-corrected chi connectivity index (χ1v) is 7.43. The first-order chi connectivity index (χ1) is 9.88. The highest BCUT2D eigenvalue weighted by Crippen LogP contribution is 2.15. The molecule has 0 aromatic carbocycles. The van der Waals surface area contributed by atoms with Crippen LogP contribution in [0, 0.1) is 0 Å². The summed E-state index contributed by atoms with van der Waals surface area (Å²) in [6.45, 7) is 2.53. The fourth-order valence-electron chi connectivity index (χ4n) is 2.16. The maximum absolute atomic E-state index is 12.3. The molecule has 8 nitrogen and oxygen atoms in total. The summed E-state index contributed by atoms with van der Waals surface area (Å²) >= 11 is 1.09. The van der Waals surface area contributed by atoms with E-state index in [-0.39, 0.29) is 11.3 Å². The van der Waals surface area contributed by atoms with Gasteiger partial charge in [0.15, 0.2) is 0 Å². The molecule has 0 aliphatic carbocycles.